The Hall–Kier alpha value is -1.95. The molecule has 0 saturated heterocycles. The monoisotopic (exact) mass is 303 g/mol. The molecule has 0 bridgehead atoms. The summed E-state index contributed by atoms with van der Waals surface area (Å²) in [5, 5.41) is 12.5. The first-order chi connectivity index (χ1) is 10.1. The smallest absolute Gasteiger partial charge is 0.257 e. The Labute approximate surface area is 127 Å². The molecule has 1 heterocycles. The van der Waals surface area contributed by atoms with Crippen molar-refractivity contribution in [3.63, 3.8) is 0 Å². The zero-order chi connectivity index (χ0) is 14.8. The van der Waals surface area contributed by atoms with Gasteiger partial charge in [0, 0.05) is 11.5 Å². The van der Waals surface area contributed by atoms with E-state index in [1.54, 1.807) is 24.3 Å². The molecule has 3 rings (SSSR count). The molecular formula is C15H17N3O2S. The maximum atomic E-state index is 12.1. The number of anilines is 1. The van der Waals surface area contributed by atoms with Crippen LogP contribution in [0.1, 0.15) is 48.0 Å². The molecule has 0 aliphatic heterocycles. The van der Waals surface area contributed by atoms with Crippen LogP contribution in [0.3, 0.4) is 0 Å². The van der Waals surface area contributed by atoms with Crippen LogP contribution in [0.25, 0.3) is 0 Å². The standard InChI is InChI=1S/C15H17N3O2S/c1-9(2)20-12-7-5-10(6-8-12)13(19)16-15-18-17-14(21-15)11-3-4-11/h5-9,11H,3-4H2,1-2H3,(H,16,18,19). The van der Waals surface area contributed by atoms with Crippen LogP contribution >= 0.6 is 11.3 Å². The minimum absolute atomic E-state index is 0.118. The number of amides is 1. The second-order valence-electron chi connectivity index (χ2n) is 5.36. The van der Waals surface area contributed by atoms with E-state index >= 15 is 0 Å². The number of carbonyl (C=O) groups is 1. The molecule has 1 aromatic carbocycles. The van der Waals surface area contributed by atoms with Crippen LogP contribution in [0.15, 0.2) is 24.3 Å². The third-order valence-electron chi connectivity index (χ3n) is 3.08. The van der Waals surface area contributed by atoms with Gasteiger partial charge in [0.1, 0.15) is 10.8 Å². The van der Waals surface area contributed by atoms with Crippen molar-refractivity contribution < 1.29 is 9.53 Å². The summed E-state index contributed by atoms with van der Waals surface area (Å²) < 4.78 is 5.55. The largest absolute Gasteiger partial charge is 0.491 e. The lowest BCUT2D eigenvalue weighted by molar-refractivity contribution is 0.102. The van der Waals surface area contributed by atoms with Crippen LogP contribution in [-0.2, 0) is 0 Å². The lowest BCUT2D eigenvalue weighted by atomic mass is 10.2. The fourth-order valence-electron chi connectivity index (χ4n) is 1.91. The number of nitrogens with one attached hydrogen (secondary N) is 1. The molecule has 1 aliphatic carbocycles. The number of benzene rings is 1. The van der Waals surface area contributed by atoms with Crippen molar-refractivity contribution in [3.8, 4) is 5.75 Å². The van der Waals surface area contributed by atoms with Crippen LogP contribution in [0.4, 0.5) is 5.13 Å². The van der Waals surface area contributed by atoms with Gasteiger partial charge in [0.25, 0.3) is 5.91 Å². The molecule has 0 unspecified atom stereocenters. The second kappa shape index (κ2) is 5.81. The first-order valence-electron chi connectivity index (χ1n) is 7.03. The Morgan fingerprint density at radius 1 is 1.29 bits per heavy atom. The summed E-state index contributed by atoms with van der Waals surface area (Å²) in [6.45, 7) is 3.93. The van der Waals surface area contributed by atoms with Gasteiger partial charge in [-0.2, -0.15) is 0 Å². The first-order valence-corrected chi connectivity index (χ1v) is 7.85. The third-order valence-corrected chi connectivity index (χ3v) is 4.08. The van der Waals surface area contributed by atoms with E-state index in [0.29, 0.717) is 16.6 Å². The van der Waals surface area contributed by atoms with Gasteiger partial charge in [-0.05, 0) is 51.0 Å². The molecule has 2 aromatic rings. The third kappa shape index (κ3) is 3.58. The number of carbonyl (C=O) groups excluding carboxylic acids is 1. The normalized spacial score (nSPS) is 14.2. The Balaban J connectivity index is 1.63. The van der Waals surface area contributed by atoms with Gasteiger partial charge in [-0.3, -0.25) is 10.1 Å². The van der Waals surface area contributed by atoms with Crippen molar-refractivity contribution in [1.82, 2.24) is 10.2 Å². The average Bonchev–Trinajstić information content (AvgIpc) is 3.20. The summed E-state index contributed by atoms with van der Waals surface area (Å²) >= 11 is 1.46. The molecule has 110 valence electrons. The number of aromatic nitrogens is 2. The Kier molecular flexibility index (Phi) is 3.88. The number of ether oxygens (including phenoxy) is 1. The highest BCUT2D eigenvalue weighted by Crippen LogP contribution is 2.42. The van der Waals surface area contributed by atoms with Crippen molar-refractivity contribution in [2.45, 2.75) is 38.7 Å². The average molecular weight is 303 g/mol. The lowest BCUT2D eigenvalue weighted by Gasteiger charge is -2.09. The Bertz CT molecular complexity index is 633. The second-order valence-corrected chi connectivity index (χ2v) is 6.37. The maximum absolute atomic E-state index is 12.1. The zero-order valence-electron chi connectivity index (χ0n) is 12.0. The number of rotatable bonds is 5. The summed E-state index contributed by atoms with van der Waals surface area (Å²) in [5.41, 5.74) is 0.578. The van der Waals surface area contributed by atoms with E-state index in [1.165, 1.54) is 24.2 Å². The molecule has 0 atom stereocenters. The van der Waals surface area contributed by atoms with Gasteiger partial charge < -0.3 is 4.74 Å². The Morgan fingerprint density at radius 3 is 2.62 bits per heavy atom. The number of nitrogens with zero attached hydrogens (tertiary/aromatic N) is 2. The van der Waals surface area contributed by atoms with Gasteiger partial charge in [0.2, 0.25) is 5.13 Å². The quantitative estimate of drug-likeness (QED) is 0.918. The van der Waals surface area contributed by atoms with Gasteiger partial charge in [-0.15, -0.1) is 10.2 Å². The molecule has 1 N–H and O–H groups in total. The topological polar surface area (TPSA) is 64.1 Å². The van der Waals surface area contributed by atoms with Crippen molar-refractivity contribution >= 4 is 22.4 Å². The molecule has 1 saturated carbocycles. The molecule has 1 fully saturated rings. The van der Waals surface area contributed by atoms with E-state index in [9.17, 15) is 4.79 Å². The van der Waals surface area contributed by atoms with Crippen LogP contribution < -0.4 is 10.1 Å². The fraction of sp³-hybridized carbons (Fsp3) is 0.400. The fourth-order valence-corrected chi connectivity index (χ4v) is 2.81. The van der Waals surface area contributed by atoms with Crippen molar-refractivity contribution in [2.75, 3.05) is 5.32 Å². The minimum atomic E-state index is -0.176. The molecule has 21 heavy (non-hydrogen) atoms. The molecular weight excluding hydrogens is 286 g/mol. The summed E-state index contributed by atoms with van der Waals surface area (Å²) in [7, 11) is 0. The van der Waals surface area contributed by atoms with E-state index in [1.807, 2.05) is 13.8 Å². The minimum Gasteiger partial charge on any atom is -0.491 e. The first kappa shape index (κ1) is 14.0. The summed E-state index contributed by atoms with van der Waals surface area (Å²) in [6.07, 6.45) is 2.48. The van der Waals surface area contributed by atoms with Gasteiger partial charge >= 0.3 is 0 Å². The van der Waals surface area contributed by atoms with Crippen molar-refractivity contribution in [1.29, 1.82) is 0 Å². The highest BCUT2D eigenvalue weighted by Gasteiger charge is 2.27. The molecule has 1 aromatic heterocycles. The molecule has 5 nitrogen and oxygen atoms in total. The molecule has 6 heteroatoms. The van der Waals surface area contributed by atoms with Crippen LogP contribution in [0.2, 0.25) is 0 Å². The molecule has 0 spiro atoms. The van der Waals surface area contributed by atoms with E-state index in [-0.39, 0.29) is 12.0 Å². The molecule has 0 radical (unpaired) electrons. The number of hydrogen-bond donors (Lipinski definition) is 1. The van der Waals surface area contributed by atoms with E-state index < -0.39 is 0 Å². The SMILES string of the molecule is CC(C)Oc1ccc(C(=O)Nc2nnc(C3CC3)s2)cc1. The van der Waals surface area contributed by atoms with E-state index in [0.717, 1.165) is 10.8 Å². The van der Waals surface area contributed by atoms with Gasteiger partial charge in [0.15, 0.2) is 0 Å². The Morgan fingerprint density at radius 2 is 2.00 bits per heavy atom. The molecule has 1 aliphatic rings. The van der Waals surface area contributed by atoms with Crippen molar-refractivity contribution in [3.05, 3.63) is 34.8 Å². The van der Waals surface area contributed by atoms with Gasteiger partial charge in [0.05, 0.1) is 6.10 Å². The van der Waals surface area contributed by atoms with Crippen molar-refractivity contribution in [2.24, 2.45) is 0 Å². The van der Waals surface area contributed by atoms with Crippen LogP contribution in [0.5, 0.6) is 5.75 Å². The zero-order valence-corrected chi connectivity index (χ0v) is 12.8. The van der Waals surface area contributed by atoms with Crippen LogP contribution in [0, 0.1) is 0 Å². The van der Waals surface area contributed by atoms with E-state index in [2.05, 4.69) is 15.5 Å². The number of hydrogen-bond acceptors (Lipinski definition) is 5. The lowest BCUT2D eigenvalue weighted by Crippen LogP contribution is -2.12. The predicted molar refractivity (Wildman–Crippen MR) is 82.0 cm³/mol. The summed E-state index contributed by atoms with van der Waals surface area (Å²) in [5.74, 6) is 1.14. The highest BCUT2D eigenvalue weighted by molar-refractivity contribution is 7.15. The predicted octanol–water partition coefficient (Wildman–Crippen LogP) is 3.46. The van der Waals surface area contributed by atoms with Gasteiger partial charge in [-0.25, -0.2) is 0 Å². The summed E-state index contributed by atoms with van der Waals surface area (Å²) in [4.78, 5) is 12.1. The van der Waals surface area contributed by atoms with Gasteiger partial charge in [-0.1, -0.05) is 11.3 Å². The highest BCUT2D eigenvalue weighted by atomic mass is 32.1. The van der Waals surface area contributed by atoms with E-state index in [4.69, 9.17) is 4.74 Å². The maximum Gasteiger partial charge on any atom is 0.257 e. The van der Waals surface area contributed by atoms with Crippen LogP contribution in [-0.4, -0.2) is 22.2 Å². The summed E-state index contributed by atoms with van der Waals surface area (Å²) in [6, 6.07) is 7.08. The molecule has 1 amide bonds.